The van der Waals surface area contributed by atoms with Gasteiger partial charge in [-0.3, -0.25) is 14.6 Å². The molecule has 2 aromatic carbocycles. The minimum Gasteiger partial charge on any atom is -0.406 e. The average Bonchev–Trinajstić information content (AvgIpc) is 2.86. The first-order valence-electron chi connectivity index (χ1n) is 11.3. The van der Waals surface area contributed by atoms with Crippen LogP contribution in [-0.2, 0) is 11.3 Å². The summed E-state index contributed by atoms with van der Waals surface area (Å²) in [6, 6.07) is 17.3. The molecular weight excluding hydrogens is 485 g/mol. The molecule has 1 heterocycles. The molecule has 192 valence electrons. The minimum absolute atomic E-state index is 0.000876. The Hall–Kier alpha value is -4.47. The molecule has 0 aliphatic rings. The maximum absolute atomic E-state index is 12.4. The van der Waals surface area contributed by atoms with E-state index in [9.17, 15) is 22.8 Å². The Kier molecular flexibility index (Phi) is 9.15. The number of carbonyl (C=O) groups excluding carboxylic acids is 2. The summed E-state index contributed by atoms with van der Waals surface area (Å²) >= 11 is 0. The molecule has 1 aromatic heterocycles. The Morgan fingerprint density at radius 1 is 0.973 bits per heavy atom. The first-order valence-corrected chi connectivity index (χ1v) is 11.3. The van der Waals surface area contributed by atoms with Gasteiger partial charge < -0.3 is 20.8 Å². The second kappa shape index (κ2) is 12.5. The number of hydrogen-bond acceptors (Lipinski definition) is 6. The van der Waals surface area contributed by atoms with E-state index in [4.69, 9.17) is 5.41 Å². The predicted molar refractivity (Wildman–Crippen MR) is 133 cm³/mol. The van der Waals surface area contributed by atoms with E-state index in [1.165, 1.54) is 19.1 Å². The van der Waals surface area contributed by atoms with Gasteiger partial charge in [0.25, 0.3) is 5.91 Å². The normalized spacial score (nSPS) is 11.5. The van der Waals surface area contributed by atoms with Crippen LogP contribution in [0.3, 0.4) is 0 Å². The molecule has 0 radical (unpaired) electrons. The van der Waals surface area contributed by atoms with Crippen molar-refractivity contribution in [1.82, 2.24) is 15.6 Å². The van der Waals surface area contributed by atoms with Gasteiger partial charge in [-0.05, 0) is 72.7 Å². The van der Waals surface area contributed by atoms with Crippen molar-refractivity contribution in [3.05, 3.63) is 101 Å². The van der Waals surface area contributed by atoms with Crippen molar-refractivity contribution in [2.75, 3.05) is 6.54 Å². The number of halogens is 3. The molecule has 3 rings (SSSR count). The lowest BCUT2D eigenvalue weighted by Crippen LogP contribution is -2.25. The zero-order chi connectivity index (χ0) is 26.8. The van der Waals surface area contributed by atoms with Gasteiger partial charge in [-0.2, -0.15) is 0 Å². The van der Waals surface area contributed by atoms with E-state index in [1.807, 2.05) is 0 Å². The standard InChI is InChI=1S/C27H25F3N4O3/c1-18(35)13-15-33-26(36)21-7-5-19(6-8-21)17-34-25(24-4-2-3-14-32-24)16-23(31)20-9-11-22(12-10-20)37-27(28,29)30/h2-12,14,16,31,34H,13,15,17H2,1H3,(H,33,36)/b25-16-,31-23?. The maximum Gasteiger partial charge on any atom is 0.573 e. The molecule has 3 aromatic rings. The number of aromatic nitrogens is 1. The lowest BCUT2D eigenvalue weighted by molar-refractivity contribution is -0.274. The second-order valence-corrected chi connectivity index (χ2v) is 8.02. The number of nitrogens with one attached hydrogen (secondary N) is 3. The van der Waals surface area contributed by atoms with Crippen LogP contribution < -0.4 is 15.4 Å². The lowest BCUT2D eigenvalue weighted by atomic mass is 10.1. The molecule has 0 fully saturated rings. The largest absolute Gasteiger partial charge is 0.573 e. The third-order valence-corrected chi connectivity index (χ3v) is 5.09. The van der Waals surface area contributed by atoms with E-state index in [0.717, 1.165) is 17.7 Å². The number of pyridine rings is 1. The Labute approximate surface area is 211 Å². The highest BCUT2D eigenvalue weighted by atomic mass is 19.4. The average molecular weight is 511 g/mol. The molecule has 0 saturated carbocycles. The summed E-state index contributed by atoms with van der Waals surface area (Å²) in [5.74, 6) is -0.638. The van der Waals surface area contributed by atoms with E-state index < -0.39 is 6.36 Å². The number of carbonyl (C=O) groups is 2. The number of rotatable bonds is 11. The molecule has 0 unspecified atom stereocenters. The second-order valence-electron chi connectivity index (χ2n) is 8.02. The van der Waals surface area contributed by atoms with Gasteiger partial charge in [-0.25, -0.2) is 0 Å². The molecule has 37 heavy (non-hydrogen) atoms. The predicted octanol–water partition coefficient (Wildman–Crippen LogP) is 4.89. The van der Waals surface area contributed by atoms with Crippen LogP contribution in [0.1, 0.15) is 40.5 Å². The van der Waals surface area contributed by atoms with Gasteiger partial charge in [0, 0.05) is 31.3 Å². The number of amides is 1. The number of ether oxygens (including phenoxy) is 1. The van der Waals surface area contributed by atoms with Crippen LogP contribution in [0.15, 0.2) is 79.0 Å². The topological polar surface area (TPSA) is 104 Å². The molecule has 3 N–H and O–H groups in total. The van der Waals surface area contributed by atoms with Crippen LogP contribution in [0, 0.1) is 5.41 Å². The summed E-state index contributed by atoms with van der Waals surface area (Å²) in [5, 5.41) is 14.4. The van der Waals surface area contributed by atoms with Crippen molar-refractivity contribution >= 4 is 23.1 Å². The van der Waals surface area contributed by atoms with Crippen molar-refractivity contribution in [3.8, 4) is 5.75 Å². The molecular formula is C27H25F3N4O3. The molecule has 0 aliphatic carbocycles. The molecule has 7 nitrogen and oxygen atoms in total. The summed E-state index contributed by atoms with van der Waals surface area (Å²) in [6.07, 6.45) is -1.37. The molecule has 0 aliphatic heterocycles. The monoisotopic (exact) mass is 510 g/mol. The molecule has 10 heteroatoms. The summed E-state index contributed by atoms with van der Waals surface area (Å²) in [5.41, 5.74) is 2.89. The fourth-order valence-electron chi connectivity index (χ4n) is 3.23. The first kappa shape index (κ1) is 27.1. The van der Waals surface area contributed by atoms with Gasteiger partial charge >= 0.3 is 6.36 Å². The number of alkyl halides is 3. The Bertz CT molecular complexity index is 1260. The third-order valence-electron chi connectivity index (χ3n) is 5.09. The number of Topliss-reactive ketones (excluding diaryl/α,β-unsaturated/α-hetero) is 1. The van der Waals surface area contributed by atoms with Crippen LogP contribution in [-0.4, -0.2) is 35.3 Å². The van der Waals surface area contributed by atoms with Crippen molar-refractivity contribution in [1.29, 1.82) is 5.41 Å². The smallest absolute Gasteiger partial charge is 0.406 e. The number of nitrogens with zero attached hydrogens (tertiary/aromatic N) is 1. The quantitative estimate of drug-likeness (QED) is 0.319. The van der Waals surface area contributed by atoms with Gasteiger partial charge in [0.15, 0.2) is 0 Å². The zero-order valence-corrected chi connectivity index (χ0v) is 19.9. The Morgan fingerprint density at radius 3 is 2.24 bits per heavy atom. The van der Waals surface area contributed by atoms with Crippen molar-refractivity contribution in [3.63, 3.8) is 0 Å². The molecule has 0 spiro atoms. The number of hydrogen-bond donors (Lipinski definition) is 3. The van der Waals surface area contributed by atoms with E-state index in [0.29, 0.717) is 29.1 Å². The maximum atomic E-state index is 12.4. The van der Waals surface area contributed by atoms with Gasteiger partial charge in [0.2, 0.25) is 0 Å². The molecule has 0 bridgehead atoms. The van der Waals surface area contributed by atoms with E-state index >= 15 is 0 Å². The number of ketones is 1. The van der Waals surface area contributed by atoms with Crippen molar-refractivity contribution < 1.29 is 27.5 Å². The van der Waals surface area contributed by atoms with Gasteiger partial charge in [0.1, 0.15) is 11.5 Å². The van der Waals surface area contributed by atoms with Crippen LogP contribution in [0.5, 0.6) is 5.75 Å². The van der Waals surface area contributed by atoms with Crippen molar-refractivity contribution in [2.45, 2.75) is 26.3 Å². The van der Waals surface area contributed by atoms with E-state index in [2.05, 4.69) is 20.4 Å². The third kappa shape index (κ3) is 8.92. The van der Waals surface area contributed by atoms with Crippen LogP contribution in [0.4, 0.5) is 13.2 Å². The van der Waals surface area contributed by atoms with E-state index in [-0.39, 0.29) is 36.1 Å². The molecule has 0 atom stereocenters. The van der Waals surface area contributed by atoms with Crippen LogP contribution in [0.25, 0.3) is 5.70 Å². The van der Waals surface area contributed by atoms with E-state index in [1.54, 1.807) is 54.7 Å². The highest BCUT2D eigenvalue weighted by Crippen LogP contribution is 2.23. The number of allylic oxidation sites excluding steroid dienone is 1. The summed E-state index contributed by atoms with van der Waals surface area (Å²) < 4.78 is 41.1. The summed E-state index contributed by atoms with van der Waals surface area (Å²) in [4.78, 5) is 27.5. The fourth-order valence-corrected chi connectivity index (χ4v) is 3.23. The Morgan fingerprint density at radius 2 is 1.65 bits per heavy atom. The summed E-state index contributed by atoms with van der Waals surface area (Å²) in [6.45, 7) is 2.10. The SMILES string of the molecule is CC(=O)CCNC(=O)c1ccc(CN/C(=C\C(=N)c2ccc(OC(F)(F)F)cc2)c2ccccn2)cc1. The molecule has 0 saturated heterocycles. The van der Waals surface area contributed by atoms with Crippen molar-refractivity contribution in [2.24, 2.45) is 0 Å². The van der Waals surface area contributed by atoms with Gasteiger partial charge in [-0.15, -0.1) is 13.2 Å². The minimum atomic E-state index is -4.79. The highest BCUT2D eigenvalue weighted by Gasteiger charge is 2.31. The zero-order valence-electron chi connectivity index (χ0n) is 19.9. The van der Waals surface area contributed by atoms with Gasteiger partial charge in [0.05, 0.1) is 17.1 Å². The highest BCUT2D eigenvalue weighted by molar-refractivity contribution is 6.10. The Balaban J connectivity index is 1.70. The fraction of sp³-hybridized carbons (Fsp3) is 0.185. The van der Waals surface area contributed by atoms with Crippen LogP contribution >= 0.6 is 0 Å². The summed E-state index contributed by atoms with van der Waals surface area (Å²) in [7, 11) is 0. The lowest BCUT2D eigenvalue weighted by Gasteiger charge is -2.13. The number of benzene rings is 2. The van der Waals surface area contributed by atoms with Gasteiger partial charge in [-0.1, -0.05) is 18.2 Å². The first-order chi connectivity index (χ1) is 17.6. The van der Waals surface area contributed by atoms with Crippen LogP contribution in [0.2, 0.25) is 0 Å². The molecule has 1 amide bonds.